The van der Waals surface area contributed by atoms with Crippen molar-refractivity contribution in [2.24, 2.45) is 0 Å². The second-order valence-corrected chi connectivity index (χ2v) is 10.6. The van der Waals surface area contributed by atoms with Gasteiger partial charge in [0, 0.05) is 33.4 Å². The van der Waals surface area contributed by atoms with Crippen molar-refractivity contribution >= 4 is 44.5 Å². The predicted octanol–water partition coefficient (Wildman–Crippen LogP) is 7.37. The zero-order chi connectivity index (χ0) is 26.2. The fourth-order valence-electron chi connectivity index (χ4n) is 5.19. The lowest BCUT2D eigenvalue weighted by atomic mass is 9.98. The highest BCUT2D eigenvalue weighted by Gasteiger charge is 2.29. The van der Waals surface area contributed by atoms with E-state index in [2.05, 4.69) is 66.7 Å². The van der Waals surface area contributed by atoms with Gasteiger partial charge in [-0.15, -0.1) is 5.10 Å². The Morgan fingerprint density at radius 2 is 1.50 bits per heavy atom. The number of hydrogen-bond acceptors (Lipinski definition) is 4. The number of aryl methyl sites for hydroxylation is 2. The van der Waals surface area contributed by atoms with Crippen molar-refractivity contribution in [2.75, 3.05) is 19.5 Å². The van der Waals surface area contributed by atoms with Crippen LogP contribution in [0, 0.1) is 0 Å². The van der Waals surface area contributed by atoms with Crippen LogP contribution in [0.5, 0.6) is 11.5 Å². The molecular weight excluding hydrogens is 560 g/mol. The van der Waals surface area contributed by atoms with Gasteiger partial charge in [-0.05, 0) is 73.4 Å². The summed E-state index contributed by atoms with van der Waals surface area (Å²) in [5.74, 6) is 2.57. The Labute approximate surface area is 235 Å². The summed E-state index contributed by atoms with van der Waals surface area (Å²) < 4.78 is 16.2. The number of halogens is 1. The zero-order valence-electron chi connectivity index (χ0n) is 21.2. The average molecular weight is 588 g/mol. The maximum Gasteiger partial charge on any atom is 0.162 e. The van der Waals surface area contributed by atoms with Crippen LogP contribution in [-0.4, -0.2) is 33.4 Å². The third kappa shape index (κ3) is 4.37. The normalized spacial score (nSPS) is 12.8. The first-order valence-electron chi connectivity index (χ1n) is 12.6. The van der Waals surface area contributed by atoms with Crippen molar-refractivity contribution < 1.29 is 9.47 Å². The maximum absolute atomic E-state index is 6.09. The lowest BCUT2D eigenvalue weighted by Crippen LogP contribution is -2.15. The van der Waals surface area contributed by atoms with Crippen LogP contribution in [0.15, 0.2) is 77.3 Å². The topological polar surface area (TPSA) is 52.7 Å². The molecule has 0 fully saturated rings. The zero-order valence-corrected chi connectivity index (χ0v) is 23.6. The van der Waals surface area contributed by atoms with Gasteiger partial charge in [0.25, 0.3) is 0 Å². The first-order valence-corrected chi connectivity index (χ1v) is 13.8. The molecule has 0 saturated heterocycles. The van der Waals surface area contributed by atoms with Crippen molar-refractivity contribution in [3.05, 3.63) is 88.5 Å². The molecule has 5 aromatic rings. The van der Waals surface area contributed by atoms with Gasteiger partial charge in [-0.2, -0.15) is 0 Å². The molecule has 6 rings (SSSR count). The quantitative estimate of drug-likeness (QED) is 0.210. The van der Waals surface area contributed by atoms with E-state index in [1.807, 2.05) is 36.4 Å². The Morgan fingerprint density at radius 1 is 0.868 bits per heavy atom. The molecule has 1 N–H and O–H groups in total. The lowest BCUT2D eigenvalue weighted by Gasteiger charge is -2.12. The van der Waals surface area contributed by atoms with E-state index in [1.165, 1.54) is 5.56 Å². The summed E-state index contributed by atoms with van der Waals surface area (Å²) in [4.78, 5) is 0.620. The van der Waals surface area contributed by atoms with Gasteiger partial charge >= 0.3 is 0 Å². The molecule has 0 saturated carbocycles. The molecule has 1 aliphatic heterocycles. The van der Waals surface area contributed by atoms with Crippen molar-refractivity contribution in [1.29, 1.82) is 0 Å². The minimum atomic E-state index is 0.620. The summed E-state index contributed by atoms with van der Waals surface area (Å²) in [7, 11) is 3.35. The Bertz CT molecular complexity index is 1620. The smallest absolute Gasteiger partial charge is 0.162 e. The maximum atomic E-state index is 6.09. The molecule has 0 radical (unpaired) electrons. The molecule has 8 heteroatoms. The molecule has 0 aliphatic carbocycles. The fraction of sp³-hybridized carbons (Fsp3) is 0.200. The molecule has 2 aromatic heterocycles. The molecule has 3 aromatic carbocycles. The van der Waals surface area contributed by atoms with Crippen LogP contribution in [0.25, 0.3) is 28.2 Å². The van der Waals surface area contributed by atoms with E-state index >= 15 is 0 Å². The Balaban J connectivity index is 1.56. The van der Waals surface area contributed by atoms with Gasteiger partial charge in [-0.25, -0.2) is 4.52 Å². The highest BCUT2D eigenvalue weighted by Crippen LogP contribution is 2.39. The van der Waals surface area contributed by atoms with Crippen molar-refractivity contribution in [2.45, 2.75) is 25.8 Å². The van der Waals surface area contributed by atoms with Crippen LogP contribution in [-0.2, 0) is 13.0 Å². The minimum Gasteiger partial charge on any atom is -0.497 e. The molecule has 192 valence electrons. The number of benzene rings is 3. The summed E-state index contributed by atoms with van der Waals surface area (Å²) in [6, 6.07) is 24.3. The summed E-state index contributed by atoms with van der Waals surface area (Å²) in [6.45, 7) is 0.909. The average Bonchev–Trinajstić information content (AvgIpc) is 3.37. The number of anilines is 1. The third-order valence-electron chi connectivity index (χ3n) is 7.03. The highest BCUT2D eigenvalue weighted by atomic mass is 79.9. The first kappa shape index (κ1) is 24.7. The number of aromatic nitrogens is 3. The summed E-state index contributed by atoms with van der Waals surface area (Å²) in [5, 5.41) is 8.65. The van der Waals surface area contributed by atoms with E-state index < -0.39 is 0 Å². The van der Waals surface area contributed by atoms with Crippen LogP contribution in [0.3, 0.4) is 0 Å². The van der Waals surface area contributed by atoms with E-state index in [-0.39, 0.29) is 0 Å². The Morgan fingerprint density at radius 3 is 2.16 bits per heavy atom. The van der Waals surface area contributed by atoms with Gasteiger partial charge in [0.15, 0.2) is 5.82 Å². The van der Waals surface area contributed by atoms with E-state index in [4.69, 9.17) is 26.8 Å². The van der Waals surface area contributed by atoms with Crippen LogP contribution in [0.4, 0.5) is 5.69 Å². The summed E-state index contributed by atoms with van der Waals surface area (Å²) >= 11 is 9.64. The summed E-state index contributed by atoms with van der Waals surface area (Å²) in [5.41, 5.74) is 7.48. The van der Waals surface area contributed by atoms with Crippen LogP contribution < -0.4 is 14.8 Å². The molecule has 0 bridgehead atoms. The highest BCUT2D eigenvalue weighted by molar-refractivity contribution is 9.10. The number of hydrogen-bond donors (Lipinski definition) is 1. The first-order chi connectivity index (χ1) is 18.6. The molecule has 0 unspecified atom stereocenters. The molecule has 3 heterocycles. The predicted molar refractivity (Wildman–Crippen MR) is 160 cm³/mol. The van der Waals surface area contributed by atoms with Gasteiger partial charge in [0.05, 0.1) is 14.2 Å². The number of nitrogens with one attached hydrogen (secondary N) is 1. The number of methoxy groups -OCH3 is 2. The van der Waals surface area contributed by atoms with Crippen molar-refractivity contribution in [3.8, 4) is 34.0 Å². The molecule has 0 atom stereocenters. The third-order valence-corrected chi connectivity index (χ3v) is 7.85. The van der Waals surface area contributed by atoms with E-state index in [1.54, 1.807) is 14.2 Å². The van der Waals surface area contributed by atoms with E-state index in [0.717, 1.165) is 81.3 Å². The number of rotatable bonds is 6. The number of nitrogens with zero attached hydrogens (tertiary/aromatic N) is 3. The number of thiocarbonyl (C=S) groups is 1. The van der Waals surface area contributed by atoms with E-state index in [0.29, 0.717) is 4.99 Å². The van der Waals surface area contributed by atoms with Gasteiger partial charge in [-0.3, -0.25) is 0 Å². The van der Waals surface area contributed by atoms with Gasteiger partial charge in [0.1, 0.15) is 27.8 Å². The Hall–Kier alpha value is -3.62. The van der Waals surface area contributed by atoms with E-state index in [9.17, 15) is 0 Å². The van der Waals surface area contributed by atoms with Gasteiger partial charge in [0.2, 0.25) is 0 Å². The van der Waals surface area contributed by atoms with Crippen LogP contribution in [0.2, 0.25) is 0 Å². The van der Waals surface area contributed by atoms with Crippen molar-refractivity contribution in [3.63, 3.8) is 0 Å². The SMILES string of the molecule is COc1ccc(NC(=S)c2c(-c3ccc(OC)cc3)c3c4n(c(-c5ccc(Br)cc5)nn24)CCCC3)cc1. The van der Waals surface area contributed by atoms with Gasteiger partial charge in [-0.1, -0.05) is 52.4 Å². The van der Waals surface area contributed by atoms with Crippen LogP contribution >= 0.6 is 28.1 Å². The molecule has 0 spiro atoms. The lowest BCUT2D eigenvalue weighted by molar-refractivity contribution is 0.415. The second-order valence-electron chi connectivity index (χ2n) is 9.29. The monoisotopic (exact) mass is 586 g/mol. The second kappa shape index (κ2) is 10.3. The molecule has 0 amide bonds. The fourth-order valence-corrected chi connectivity index (χ4v) is 5.76. The van der Waals surface area contributed by atoms with Crippen molar-refractivity contribution in [1.82, 2.24) is 14.2 Å². The molecule has 6 nitrogen and oxygen atoms in total. The Kier molecular flexibility index (Phi) is 6.68. The van der Waals surface area contributed by atoms with Crippen LogP contribution in [0.1, 0.15) is 24.1 Å². The minimum absolute atomic E-state index is 0.620. The molecule has 1 aliphatic rings. The largest absolute Gasteiger partial charge is 0.497 e. The number of ether oxygens (including phenoxy) is 2. The standard InChI is InChI=1S/C30H27BrN4O2S/c1-36-23-14-8-19(9-15-23)26-25-5-3-4-18-34-28(20-6-10-21(31)11-7-20)33-35(30(25)34)27(26)29(38)32-22-12-16-24(37-2)17-13-22/h6-17H,3-5,18H2,1-2H3,(H,32,38). The summed E-state index contributed by atoms with van der Waals surface area (Å²) in [6.07, 6.45) is 3.15. The van der Waals surface area contributed by atoms with Gasteiger partial charge < -0.3 is 19.4 Å². The molecule has 38 heavy (non-hydrogen) atoms. The molecular formula is C30H27BrN4O2S.